The van der Waals surface area contributed by atoms with E-state index in [0.29, 0.717) is 10.8 Å². The van der Waals surface area contributed by atoms with Crippen LogP contribution in [0.2, 0.25) is 0 Å². The van der Waals surface area contributed by atoms with Crippen LogP contribution in [0.5, 0.6) is 0 Å². The lowest BCUT2D eigenvalue weighted by molar-refractivity contribution is 0.0178. The Morgan fingerprint density at radius 3 is 2.18 bits per heavy atom. The minimum absolute atomic E-state index is 0.509. The molecule has 0 radical (unpaired) electrons. The third-order valence-corrected chi connectivity index (χ3v) is 8.97. The summed E-state index contributed by atoms with van der Waals surface area (Å²) >= 11 is 0. The Balaban J connectivity index is 1.66. The van der Waals surface area contributed by atoms with E-state index in [4.69, 9.17) is 0 Å². The summed E-state index contributed by atoms with van der Waals surface area (Å²) in [4.78, 5) is 7.99. The summed E-state index contributed by atoms with van der Waals surface area (Å²) in [7, 11) is 6.77. The fourth-order valence-electron chi connectivity index (χ4n) is 6.56. The molecule has 1 atom stereocenters. The molecule has 196 valence electrons. The molecule has 0 aromatic rings. The van der Waals surface area contributed by atoms with Gasteiger partial charge in [-0.3, -0.25) is 0 Å². The van der Waals surface area contributed by atoms with Crippen LogP contribution in [-0.4, -0.2) is 88.2 Å². The molecular formula is C29H60N4. The Hall–Kier alpha value is -0.160. The van der Waals surface area contributed by atoms with E-state index in [1.807, 2.05) is 0 Å². The van der Waals surface area contributed by atoms with Crippen LogP contribution in [0.4, 0.5) is 0 Å². The average Bonchev–Trinajstić information content (AvgIpc) is 2.75. The predicted octanol–water partition coefficient (Wildman–Crippen LogP) is 5.73. The largest absolute Gasteiger partial charge is 0.320 e. The quantitative estimate of drug-likeness (QED) is 0.280. The molecule has 1 saturated carbocycles. The van der Waals surface area contributed by atoms with Crippen LogP contribution in [-0.2, 0) is 0 Å². The van der Waals surface area contributed by atoms with Gasteiger partial charge in [0.1, 0.15) is 0 Å². The zero-order valence-corrected chi connectivity index (χ0v) is 23.6. The number of likely N-dealkylation sites (tertiary alicyclic amines) is 1. The van der Waals surface area contributed by atoms with E-state index in [1.54, 1.807) is 0 Å². The molecule has 33 heavy (non-hydrogen) atoms. The molecule has 0 aromatic carbocycles. The number of nitrogens with one attached hydrogen (secondary N) is 1. The maximum atomic E-state index is 3.38. The van der Waals surface area contributed by atoms with Gasteiger partial charge in [-0.05, 0) is 135 Å². The van der Waals surface area contributed by atoms with Gasteiger partial charge >= 0.3 is 0 Å². The second kappa shape index (κ2) is 15.1. The van der Waals surface area contributed by atoms with E-state index < -0.39 is 0 Å². The van der Waals surface area contributed by atoms with Gasteiger partial charge in [-0.15, -0.1) is 0 Å². The molecule has 0 bridgehead atoms. The third kappa shape index (κ3) is 10.5. The van der Waals surface area contributed by atoms with Gasteiger partial charge in [-0.25, -0.2) is 0 Å². The molecule has 4 heteroatoms. The summed E-state index contributed by atoms with van der Waals surface area (Å²) in [6.07, 6.45) is 16.7. The molecule has 1 unspecified atom stereocenters. The highest BCUT2D eigenvalue weighted by Crippen LogP contribution is 2.45. The highest BCUT2D eigenvalue weighted by Gasteiger charge is 2.40. The normalized spacial score (nSPS) is 21.5. The molecule has 1 heterocycles. The molecule has 1 N–H and O–H groups in total. The van der Waals surface area contributed by atoms with Gasteiger partial charge < -0.3 is 20.0 Å². The fourth-order valence-corrected chi connectivity index (χ4v) is 6.56. The van der Waals surface area contributed by atoms with Gasteiger partial charge in [-0.2, -0.15) is 0 Å². The lowest BCUT2D eigenvalue weighted by Gasteiger charge is -2.49. The summed E-state index contributed by atoms with van der Waals surface area (Å²) in [5, 5.41) is 3.38. The molecule has 1 saturated heterocycles. The van der Waals surface area contributed by atoms with Crippen LogP contribution in [0.3, 0.4) is 0 Å². The Morgan fingerprint density at radius 1 is 0.879 bits per heavy atom. The van der Waals surface area contributed by atoms with Crippen molar-refractivity contribution in [2.75, 3.05) is 73.5 Å². The van der Waals surface area contributed by atoms with Gasteiger partial charge in [0.05, 0.1) is 0 Å². The summed E-state index contributed by atoms with van der Waals surface area (Å²) < 4.78 is 0. The van der Waals surface area contributed by atoms with Crippen molar-refractivity contribution < 1.29 is 0 Å². The zero-order chi connectivity index (χ0) is 24.2. The van der Waals surface area contributed by atoms with Gasteiger partial charge in [0.15, 0.2) is 0 Å². The van der Waals surface area contributed by atoms with Crippen LogP contribution in [0, 0.1) is 16.7 Å². The van der Waals surface area contributed by atoms with Crippen molar-refractivity contribution >= 4 is 0 Å². The third-order valence-electron chi connectivity index (χ3n) is 8.97. The second-order valence-corrected chi connectivity index (χ2v) is 12.4. The molecular weight excluding hydrogens is 404 g/mol. The number of hydrogen-bond acceptors (Lipinski definition) is 4. The van der Waals surface area contributed by atoms with Crippen molar-refractivity contribution in [3.63, 3.8) is 0 Å². The van der Waals surface area contributed by atoms with E-state index in [9.17, 15) is 0 Å². The monoisotopic (exact) mass is 464 g/mol. The summed E-state index contributed by atoms with van der Waals surface area (Å²) in [5.41, 5.74) is 1.14. The zero-order valence-electron chi connectivity index (χ0n) is 23.6. The molecule has 0 aromatic heterocycles. The van der Waals surface area contributed by atoms with Crippen molar-refractivity contribution in [2.45, 2.75) is 97.8 Å². The van der Waals surface area contributed by atoms with Gasteiger partial charge in [0.2, 0.25) is 0 Å². The summed E-state index contributed by atoms with van der Waals surface area (Å²) in [6.45, 7) is 17.5. The van der Waals surface area contributed by atoms with E-state index in [-0.39, 0.29) is 0 Å². The van der Waals surface area contributed by atoms with Crippen LogP contribution in [0.15, 0.2) is 0 Å². The van der Waals surface area contributed by atoms with Crippen LogP contribution < -0.4 is 5.32 Å². The highest BCUT2D eigenvalue weighted by atomic mass is 15.2. The SMILES string of the molecule is CCCC(CCCN(C)CC1(C)CCN(CC2(CCNC)CCC2)CC1)CCN(C)CCC. The number of rotatable bonds is 18. The van der Waals surface area contributed by atoms with Crippen molar-refractivity contribution in [3.8, 4) is 0 Å². The summed E-state index contributed by atoms with van der Waals surface area (Å²) in [6, 6.07) is 0. The van der Waals surface area contributed by atoms with Crippen LogP contribution in [0.1, 0.15) is 97.8 Å². The number of nitrogens with zero attached hydrogens (tertiary/aromatic N) is 3. The maximum absolute atomic E-state index is 3.38. The number of piperidine rings is 1. The first kappa shape index (κ1) is 29.1. The Morgan fingerprint density at radius 2 is 1.61 bits per heavy atom. The van der Waals surface area contributed by atoms with E-state index in [1.165, 1.54) is 129 Å². The lowest BCUT2D eigenvalue weighted by Crippen LogP contribution is -2.49. The van der Waals surface area contributed by atoms with Gasteiger partial charge in [-0.1, -0.05) is 40.0 Å². The van der Waals surface area contributed by atoms with Gasteiger partial charge in [0.25, 0.3) is 0 Å². The van der Waals surface area contributed by atoms with Crippen molar-refractivity contribution in [3.05, 3.63) is 0 Å². The smallest absolute Gasteiger partial charge is 0.00385 e. The van der Waals surface area contributed by atoms with E-state index in [2.05, 4.69) is 61.9 Å². The van der Waals surface area contributed by atoms with Crippen LogP contribution in [0.25, 0.3) is 0 Å². The molecule has 4 nitrogen and oxygen atoms in total. The first-order valence-corrected chi connectivity index (χ1v) is 14.6. The first-order valence-electron chi connectivity index (χ1n) is 14.6. The minimum Gasteiger partial charge on any atom is -0.320 e. The lowest BCUT2D eigenvalue weighted by atomic mass is 9.66. The molecule has 1 aliphatic carbocycles. The molecule has 2 aliphatic rings. The van der Waals surface area contributed by atoms with Crippen molar-refractivity contribution in [2.24, 2.45) is 16.7 Å². The molecule has 0 spiro atoms. The highest BCUT2D eigenvalue weighted by molar-refractivity contribution is 4.93. The average molecular weight is 465 g/mol. The molecule has 2 rings (SSSR count). The predicted molar refractivity (Wildman–Crippen MR) is 146 cm³/mol. The molecule has 2 fully saturated rings. The maximum Gasteiger partial charge on any atom is 0.00385 e. The molecule has 0 amide bonds. The Kier molecular flexibility index (Phi) is 13.3. The Labute approximate surface area is 208 Å². The van der Waals surface area contributed by atoms with Gasteiger partial charge in [0, 0.05) is 13.1 Å². The molecule has 1 aliphatic heterocycles. The standard InChI is InChI=1S/C29H60N4/c1-7-11-27(13-22-31(5)20-8-2)12-9-21-32(6)25-28(3)17-23-33(24-18-28)26-29(14-10-15-29)16-19-30-4/h27,30H,7-26H2,1-6H3. The van der Waals surface area contributed by atoms with Crippen LogP contribution >= 0.6 is 0 Å². The topological polar surface area (TPSA) is 21.8 Å². The second-order valence-electron chi connectivity index (χ2n) is 12.4. The first-order chi connectivity index (χ1) is 15.8. The minimum atomic E-state index is 0.509. The fraction of sp³-hybridized carbons (Fsp3) is 1.00. The summed E-state index contributed by atoms with van der Waals surface area (Å²) in [5.74, 6) is 0.920. The van der Waals surface area contributed by atoms with Crippen molar-refractivity contribution in [1.29, 1.82) is 0 Å². The van der Waals surface area contributed by atoms with E-state index >= 15 is 0 Å². The number of hydrogen-bond donors (Lipinski definition) is 1. The van der Waals surface area contributed by atoms with Crippen molar-refractivity contribution in [1.82, 2.24) is 20.0 Å². The Bertz CT molecular complexity index is 496. The van der Waals surface area contributed by atoms with E-state index in [0.717, 1.165) is 5.92 Å².